The van der Waals surface area contributed by atoms with Crippen molar-refractivity contribution in [2.24, 2.45) is 5.11 Å². The molecule has 15 heavy (non-hydrogen) atoms. The minimum Gasteiger partial charge on any atom is -0.491 e. The molecule has 1 aromatic carbocycles. The van der Waals surface area contributed by atoms with Crippen LogP contribution in [0.4, 0.5) is 10.1 Å². The van der Waals surface area contributed by atoms with Crippen LogP contribution in [0.5, 0.6) is 5.75 Å². The van der Waals surface area contributed by atoms with Crippen molar-refractivity contribution in [3.05, 3.63) is 34.5 Å². The van der Waals surface area contributed by atoms with Crippen LogP contribution >= 0.6 is 0 Å². The Morgan fingerprint density at radius 2 is 2.27 bits per heavy atom. The highest BCUT2D eigenvalue weighted by molar-refractivity contribution is 5.52. The third kappa shape index (κ3) is 3.12. The van der Waals surface area contributed by atoms with Crippen molar-refractivity contribution >= 4 is 5.69 Å². The summed E-state index contributed by atoms with van der Waals surface area (Å²) < 4.78 is 23.1. The number of hydrogen-bond donors (Lipinski definition) is 0. The van der Waals surface area contributed by atoms with Crippen molar-refractivity contribution in [3.8, 4) is 5.75 Å². The monoisotopic (exact) mass is 211 g/mol. The number of halogens is 1. The minimum atomic E-state index is -0.609. The van der Waals surface area contributed by atoms with Gasteiger partial charge in [-0.1, -0.05) is 11.2 Å². The average molecular weight is 211 g/mol. The van der Waals surface area contributed by atoms with Gasteiger partial charge in [0.1, 0.15) is 23.9 Å². The van der Waals surface area contributed by atoms with Crippen molar-refractivity contribution in [1.82, 2.24) is 0 Å². The van der Waals surface area contributed by atoms with E-state index in [2.05, 4.69) is 10.0 Å². The topological polar surface area (TPSA) is 67.2 Å². The molecule has 0 atom stereocenters. The zero-order chi connectivity index (χ0) is 11.1. The fourth-order valence-electron chi connectivity index (χ4n) is 0.989. The molecular weight excluding hydrogens is 201 g/mol. The molecule has 0 aliphatic rings. The van der Waals surface area contributed by atoms with E-state index in [1.165, 1.54) is 25.3 Å². The van der Waals surface area contributed by atoms with Crippen molar-refractivity contribution in [2.45, 2.75) is 0 Å². The van der Waals surface area contributed by atoms with E-state index in [-0.39, 0.29) is 18.0 Å². The summed E-state index contributed by atoms with van der Waals surface area (Å²) in [6.45, 7) is 0.653. The van der Waals surface area contributed by atoms with Crippen LogP contribution in [0.15, 0.2) is 23.3 Å². The van der Waals surface area contributed by atoms with Crippen molar-refractivity contribution < 1.29 is 13.9 Å². The largest absolute Gasteiger partial charge is 0.491 e. The van der Waals surface area contributed by atoms with Gasteiger partial charge in [-0.3, -0.25) is 0 Å². The second-order valence-corrected chi connectivity index (χ2v) is 2.62. The quantitative estimate of drug-likeness (QED) is 0.325. The molecule has 0 aliphatic heterocycles. The summed E-state index contributed by atoms with van der Waals surface area (Å²) in [5.41, 5.74) is 8.12. The number of ether oxygens (including phenoxy) is 2. The van der Waals surface area contributed by atoms with Crippen molar-refractivity contribution in [2.75, 3.05) is 20.3 Å². The lowest BCUT2D eigenvalue weighted by Crippen LogP contribution is -2.04. The lowest BCUT2D eigenvalue weighted by atomic mass is 10.3. The van der Waals surface area contributed by atoms with Crippen LogP contribution in [-0.4, -0.2) is 20.3 Å². The van der Waals surface area contributed by atoms with Crippen LogP contribution < -0.4 is 4.74 Å². The fraction of sp³-hybridized carbons (Fsp3) is 0.333. The summed E-state index contributed by atoms with van der Waals surface area (Å²) in [6.07, 6.45) is 0. The zero-order valence-electron chi connectivity index (χ0n) is 8.18. The second-order valence-electron chi connectivity index (χ2n) is 2.62. The number of azide groups is 1. The van der Waals surface area contributed by atoms with Gasteiger partial charge in [0.2, 0.25) is 0 Å². The summed E-state index contributed by atoms with van der Waals surface area (Å²) in [7, 11) is 1.53. The molecule has 0 unspecified atom stereocenters. The molecule has 0 saturated carbocycles. The van der Waals surface area contributed by atoms with Crippen LogP contribution in [0.2, 0.25) is 0 Å². The molecule has 0 fully saturated rings. The predicted octanol–water partition coefficient (Wildman–Crippen LogP) is 2.79. The first-order chi connectivity index (χ1) is 7.29. The molecular formula is C9H10FN3O2. The smallest absolute Gasteiger partial charge is 0.136 e. The van der Waals surface area contributed by atoms with Crippen LogP contribution in [-0.2, 0) is 4.74 Å². The second kappa shape index (κ2) is 5.85. The van der Waals surface area contributed by atoms with Gasteiger partial charge >= 0.3 is 0 Å². The molecule has 0 bridgehead atoms. The molecule has 80 valence electrons. The zero-order valence-corrected chi connectivity index (χ0v) is 8.18. The van der Waals surface area contributed by atoms with E-state index in [1.807, 2.05) is 0 Å². The Morgan fingerprint density at radius 3 is 2.93 bits per heavy atom. The van der Waals surface area contributed by atoms with E-state index in [1.54, 1.807) is 0 Å². The first-order valence-electron chi connectivity index (χ1n) is 4.25. The Kier molecular flexibility index (Phi) is 4.40. The SMILES string of the molecule is COCCOc1cccc(F)c1N=[N+]=[N-]. The Morgan fingerprint density at radius 1 is 1.47 bits per heavy atom. The van der Waals surface area contributed by atoms with E-state index in [4.69, 9.17) is 15.0 Å². The van der Waals surface area contributed by atoms with E-state index >= 15 is 0 Å². The number of benzene rings is 1. The van der Waals surface area contributed by atoms with Crippen LogP contribution in [0.25, 0.3) is 10.4 Å². The Labute approximate surface area is 86.1 Å². The first kappa shape index (κ1) is 11.3. The summed E-state index contributed by atoms with van der Waals surface area (Å²) in [4.78, 5) is 2.53. The molecule has 6 heteroatoms. The first-order valence-corrected chi connectivity index (χ1v) is 4.25. The predicted molar refractivity (Wildman–Crippen MR) is 52.6 cm³/mol. The van der Waals surface area contributed by atoms with Crippen molar-refractivity contribution in [1.29, 1.82) is 0 Å². The van der Waals surface area contributed by atoms with Gasteiger partial charge in [-0.05, 0) is 17.7 Å². The fourth-order valence-corrected chi connectivity index (χ4v) is 0.989. The molecule has 5 nitrogen and oxygen atoms in total. The van der Waals surface area contributed by atoms with Crippen molar-refractivity contribution in [3.63, 3.8) is 0 Å². The molecule has 0 heterocycles. The minimum absolute atomic E-state index is 0.129. The summed E-state index contributed by atoms with van der Waals surface area (Å²) in [6, 6.07) is 4.21. The highest BCUT2D eigenvalue weighted by atomic mass is 19.1. The van der Waals surface area contributed by atoms with Gasteiger partial charge in [0.15, 0.2) is 0 Å². The molecule has 1 rings (SSSR count). The number of nitrogens with zero attached hydrogens (tertiary/aromatic N) is 3. The Balaban J connectivity index is 2.85. The molecule has 0 amide bonds. The van der Waals surface area contributed by atoms with Gasteiger partial charge < -0.3 is 9.47 Å². The van der Waals surface area contributed by atoms with E-state index in [0.717, 1.165) is 0 Å². The number of rotatable bonds is 5. The Hall–Kier alpha value is -1.78. The molecule has 0 aliphatic carbocycles. The molecule has 0 aromatic heterocycles. The average Bonchev–Trinajstić information content (AvgIpc) is 2.23. The van der Waals surface area contributed by atoms with Gasteiger partial charge in [-0.15, -0.1) is 0 Å². The van der Waals surface area contributed by atoms with E-state index < -0.39 is 5.82 Å². The number of methoxy groups -OCH3 is 1. The van der Waals surface area contributed by atoms with E-state index in [0.29, 0.717) is 6.61 Å². The van der Waals surface area contributed by atoms with Gasteiger partial charge in [0.05, 0.1) is 6.61 Å². The van der Waals surface area contributed by atoms with Crippen LogP contribution in [0.1, 0.15) is 0 Å². The standard InChI is InChI=1S/C9H10FN3O2/c1-14-5-6-15-8-4-2-3-7(10)9(8)12-13-11/h2-4H,5-6H2,1H3. The third-order valence-electron chi connectivity index (χ3n) is 1.64. The normalized spacial score (nSPS) is 9.47. The van der Waals surface area contributed by atoms with Crippen LogP contribution in [0.3, 0.4) is 0 Å². The summed E-state index contributed by atoms with van der Waals surface area (Å²) >= 11 is 0. The Bertz CT molecular complexity index is 378. The molecule has 0 N–H and O–H groups in total. The molecule has 1 aromatic rings. The number of hydrogen-bond acceptors (Lipinski definition) is 3. The van der Waals surface area contributed by atoms with Gasteiger partial charge in [0, 0.05) is 12.0 Å². The lowest BCUT2D eigenvalue weighted by molar-refractivity contribution is 0.146. The maximum Gasteiger partial charge on any atom is 0.136 e. The summed E-state index contributed by atoms with van der Waals surface area (Å²) in [5.74, 6) is -0.396. The van der Waals surface area contributed by atoms with E-state index in [9.17, 15) is 4.39 Å². The molecule has 0 saturated heterocycles. The van der Waals surface area contributed by atoms with Gasteiger partial charge in [-0.2, -0.15) is 0 Å². The van der Waals surface area contributed by atoms with Gasteiger partial charge in [0.25, 0.3) is 0 Å². The van der Waals surface area contributed by atoms with Gasteiger partial charge in [-0.25, -0.2) is 4.39 Å². The summed E-state index contributed by atoms with van der Waals surface area (Å²) in [5, 5.41) is 3.22. The maximum atomic E-state index is 13.2. The molecule has 0 spiro atoms. The van der Waals surface area contributed by atoms with Crippen LogP contribution in [0, 0.1) is 5.82 Å². The maximum absolute atomic E-state index is 13.2. The third-order valence-corrected chi connectivity index (χ3v) is 1.64. The highest BCUT2D eigenvalue weighted by Crippen LogP contribution is 2.30. The molecule has 0 radical (unpaired) electrons. The highest BCUT2D eigenvalue weighted by Gasteiger charge is 2.06. The lowest BCUT2D eigenvalue weighted by Gasteiger charge is -2.08.